The van der Waals surface area contributed by atoms with Gasteiger partial charge in [-0.25, -0.2) is 4.79 Å². The zero-order valence-corrected chi connectivity index (χ0v) is 14.9. The lowest BCUT2D eigenvalue weighted by Crippen LogP contribution is -2.52. The van der Waals surface area contributed by atoms with Gasteiger partial charge < -0.3 is 19.7 Å². The summed E-state index contributed by atoms with van der Waals surface area (Å²) in [5.41, 5.74) is -0.0377. The second kappa shape index (κ2) is 6.36. The first-order chi connectivity index (χ1) is 10.1. The molecule has 1 saturated carbocycles. The summed E-state index contributed by atoms with van der Waals surface area (Å²) in [7, 11) is 0. The van der Waals surface area contributed by atoms with Crippen LogP contribution >= 0.6 is 0 Å². The SMILES string of the molecule is CC(CC1COCCN1C(=O)OC(C)(C)C)NC1CC1(C)C. The van der Waals surface area contributed by atoms with Crippen LogP contribution in [0.3, 0.4) is 0 Å². The van der Waals surface area contributed by atoms with Crippen molar-refractivity contribution in [3.8, 4) is 0 Å². The largest absolute Gasteiger partial charge is 0.444 e. The molecule has 0 aromatic heterocycles. The van der Waals surface area contributed by atoms with E-state index in [1.165, 1.54) is 6.42 Å². The van der Waals surface area contributed by atoms with Crippen LogP contribution < -0.4 is 5.32 Å². The minimum absolute atomic E-state index is 0.0907. The third kappa shape index (κ3) is 4.85. The van der Waals surface area contributed by atoms with Gasteiger partial charge in [0.25, 0.3) is 0 Å². The van der Waals surface area contributed by atoms with Gasteiger partial charge in [-0.2, -0.15) is 0 Å². The number of hydrogen-bond donors (Lipinski definition) is 1. The number of ether oxygens (including phenoxy) is 2. The molecule has 1 amide bonds. The van der Waals surface area contributed by atoms with E-state index in [0.29, 0.717) is 37.3 Å². The minimum Gasteiger partial charge on any atom is -0.444 e. The number of nitrogens with zero attached hydrogens (tertiary/aromatic N) is 1. The third-order valence-electron chi connectivity index (χ3n) is 4.48. The molecule has 0 bridgehead atoms. The summed E-state index contributed by atoms with van der Waals surface area (Å²) >= 11 is 0. The highest BCUT2D eigenvalue weighted by atomic mass is 16.6. The van der Waals surface area contributed by atoms with E-state index in [4.69, 9.17) is 9.47 Å². The Morgan fingerprint density at radius 2 is 2.09 bits per heavy atom. The molecule has 0 radical (unpaired) electrons. The highest BCUT2D eigenvalue weighted by Crippen LogP contribution is 2.44. The third-order valence-corrected chi connectivity index (χ3v) is 4.48. The number of nitrogens with one attached hydrogen (secondary N) is 1. The molecule has 0 aromatic carbocycles. The molecular weight excluding hydrogens is 280 g/mol. The highest BCUT2D eigenvalue weighted by Gasteiger charge is 2.46. The van der Waals surface area contributed by atoms with Gasteiger partial charge in [-0.15, -0.1) is 0 Å². The molecule has 0 spiro atoms. The van der Waals surface area contributed by atoms with Crippen molar-refractivity contribution in [2.45, 2.75) is 78.1 Å². The lowest BCUT2D eigenvalue weighted by Gasteiger charge is -2.37. The lowest BCUT2D eigenvalue weighted by molar-refractivity contribution is -0.0356. The van der Waals surface area contributed by atoms with E-state index in [1.807, 2.05) is 25.7 Å². The van der Waals surface area contributed by atoms with Crippen LogP contribution in [0.2, 0.25) is 0 Å². The fourth-order valence-corrected chi connectivity index (χ4v) is 2.98. The normalized spacial score (nSPS) is 29.1. The molecule has 2 fully saturated rings. The van der Waals surface area contributed by atoms with Crippen LogP contribution in [-0.2, 0) is 9.47 Å². The number of carbonyl (C=O) groups is 1. The fraction of sp³-hybridized carbons (Fsp3) is 0.941. The Morgan fingerprint density at radius 1 is 1.45 bits per heavy atom. The Hall–Kier alpha value is -0.810. The van der Waals surface area contributed by atoms with Gasteiger partial charge >= 0.3 is 6.09 Å². The van der Waals surface area contributed by atoms with Crippen molar-refractivity contribution in [3.05, 3.63) is 0 Å². The smallest absolute Gasteiger partial charge is 0.410 e. The molecule has 1 saturated heterocycles. The summed E-state index contributed by atoms with van der Waals surface area (Å²) in [6.07, 6.45) is 1.90. The Morgan fingerprint density at radius 3 is 2.64 bits per heavy atom. The molecule has 1 N–H and O–H groups in total. The fourth-order valence-electron chi connectivity index (χ4n) is 2.98. The molecule has 128 valence electrons. The zero-order chi connectivity index (χ0) is 16.5. The molecule has 2 rings (SSSR count). The van der Waals surface area contributed by atoms with Gasteiger partial charge in [-0.3, -0.25) is 0 Å². The number of amides is 1. The van der Waals surface area contributed by atoms with Crippen molar-refractivity contribution in [2.75, 3.05) is 19.8 Å². The van der Waals surface area contributed by atoms with Gasteiger partial charge in [0, 0.05) is 18.6 Å². The maximum atomic E-state index is 12.4. The molecule has 0 aromatic rings. The zero-order valence-electron chi connectivity index (χ0n) is 14.9. The molecule has 3 atom stereocenters. The number of rotatable bonds is 4. The molecule has 1 aliphatic heterocycles. The van der Waals surface area contributed by atoms with E-state index in [-0.39, 0.29) is 12.1 Å². The van der Waals surface area contributed by atoms with Gasteiger partial charge in [0.1, 0.15) is 5.60 Å². The van der Waals surface area contributed by atoms with Crippen LogP contribution in [0.5, 0.6) is 0 Å². The van der Waals surface area contributed by atoms with Crippen molar-refractivity contribution in [1.29, 1.82) is 0 Å². The van der Waals surface area contributed by atoms with Crippen LogP contribution in [0.4, 0.5) is 4.79 Å². The molecule has 22 heavy (non-hydrogen) atoms. The van der Waals surface area contributed by atoms with Crippen molar-refractivity contribution in [1.82, 2.24) is 10.2 Å². The summed E-state index contributed by atoms with van der Waals surface area (Å²) in [4.78, 5) is 14.2. The summed E-state index contributed by atoms with van der Waals surface area (Å²) in [5, 5.41) is 3.66. The molecule has 1 aliphatic carbocycles. The van der Waals surface area contributed by atoms with Crippen LogP contribution in [0.15, 0.2) is 0 Å². The van der Waals surface area contributed by atoms with Crippen molar-refractivity contribution < 1.29 is 14.3 Å². The first-order valence-corrected chi connectivity index (χ1v) is 8.42. The van der Waals surface area contributed by atoms with Gasteiger partial charge in [0.2, 0.25) is 0 Å². The second-order valence-electron chi connectivity index (χ2n) is 8.45. The maximum absolute atomic E-state index is 12.4. The van der Waals surface area contributed by atoms with E-state index < -0.39 is 5.60 Å². The van der Waals surface area contributed by atoms with Crippen LogP contribution in [0.1, 0.15) is 54.4 Å². The average molecular weight is 312 g/mol. The number of morpholine rings is 1. The maximum Gasteiger partial charge on any atom is 0.410 e. The van der Waals surface area contributed by atoms with Crippen molar-refractivity contribution >= 4 is 6.09 Å². The van der Waals surface area contributed by atoms with Crippen molar-refractivity contribution in [3.63, 3.8) is 0 Å². The quantitative estimate of drug-likeness (QED) is 0.867. The Balaban J connectivity index is 1.87. The predicted molar refractivity (Wildman–Crippen MR) is 86.9 cm³/mol. The number of hydrogen-bond acceptors (Lipinski definition) is 4. The van der Waals surface area contributed by atoms with E-state index in [1.54, 1.807) is 0 Å². The van der Waals surface area contributed by atoms with Crippen molar-refractivity contribution in [2.24, 2.45) is 5.41 Å². The Labute approximate surface area is 134 Å². The first-order valence-electron chi connectivity index (χ1n) is 8.42. The second-order valence-corrected chi connectivity index (χ2v) is 8.45. The minimum atomic E-state index is -0.457. The molecule has 3 unspecified atom stereocenters. The van der Waals surface area contributed by atoms with E-state index in [9.17, 15) is 4.79 Å². The monoisotopic (exact) mass is 312 g/mol. The van der Waals surface area contributed by atoms with E-state index >= 15 is 0 Å². The van der Waals surface area contributed by atoms with Gasteiger partial charge in [0.15, 0.2) is 0 Å². The van der Waals surface area contributed by atoms with E-state index in [2.05, 4.69) is 26.1 Å². The summed E-state index contributed by atoms with van der Waals surface area (Å²) in [6.45, 7) is 14.3. The van der Waals surface area contributed by atoms with E-state index in [0.717, 1.165) is 6.42 Å². The van der Waals surface area contributed by atoms with Gasteiger partial charge in [0.05, 0.1) is 19.3 Å². The summed E-state index contributed by atoms with van der Waals surface area (Å²) < 4.78 is 11.1. The summed E-state index contributed by atoms with van der Waals surface area (Å²) in [5.74, 6) is 0. The Kier molecular flexibility index (Phi) is 5.07. The molecule has 5 nitrogen and oxygen atoms in total. The average Bonchev–Trinajstić information content (AvgIpc) is 2.94. The molecule has 5 heteroatoms. The highest BCUT2D eigenvalue weighted by molar-refractivity contribution is 5.68. The van der Waals surface area contributed by atoms with Crippen LogP contribution in [-0.4, -0.2) is 54.5 Å². The van der Waals surface area contributed by atoms with Crippen LogP contribution in [0, 0.1) is 5.41 Å². The van der Waals surface area contributed by atoms with Gasteiger partial charge in [-0.05, 0) is 46.0 Å². The Bertz CT molecular complexity index is 403. The summed E-state index contributed by atoms with van der Waals surface area (Å²) in [6, 6.07) is 1.05. The first kappa shape index (κ1) is 17.5. The molecule has 2 aliphatic rings. The predicted octanol–water partition coefficient (Wildman–Crippen LogP) is 2.79. The van der Waals surface area contributed by atoms with Gasteiger partial charge in [-0.1, -0.05) is 13.8 Å². The number of carbonyl (C=O) groups excluding carboxylic acids is 1. The lowest BCUT2D eigenvalue weighted by atomic mass is 10.1. The standard InChI is InChI=1S/C17H32N2O3/c1-12(18-14-10-17(14,5)6)9-13-11-21-8-7-19(13)15(20)22-16(2,3)4/h12-14,18H,7-11H2,1-6H3. The topological polar surface area (TPSA) is 50.8 Å². The van der Waals surface area contributed by atoms with Crippen LogP contribution in [0.25, 0.3) is 0 Å². The molecular formula is C17H32N2O3. The molecule has 1 heterocycles.